The van der Waals surface area contributed by atoms with Crippen LogP contribution in [0.15, 0.2) is 25.4 Å². The maximum absolute atomic E-state index is 8.93. The standard InChI is InChI=1S/C12H16OS8/c1-14-7-8(15-2)19-11(18-7)12-20-9(16-3)10(21-12)17-6-4-5-13/h13H,4-6H2,1-3H3. The van der Waals surface area contributed by atoms with Crippen LogP contribution in [0.2, 0.25) is 0 Å². The summed E-state index contributed by atoms with van der Waals surface area (Å²) in [5, 5.41) is 8.93. The lowest BCUT2D eigenvalue weighted by molar-refractivity contribution is 0.296. The molecule has 0 amide bonds. The Kier molecular flexibility index (Phi) is 9.27. The van der Waals surface area contributed by atoms with Gasteiger partial charge >= 0.3 is 0 Å². The number of thioether (sulfide) groups is 8. The molecule has 2 rings (SSSR count). The predicted molar refractivity (Wildman–Crippen MR) is 116 cm³/mol. The summed E-state index contributed by atoms with van der Waals surface area (Å²) >= 11 is 15.1. The molecule has 2 aliphatic rings. The van der Waals surface area contributed by atoms with Crippen molar-refractivity contribution in [2.24, 2.45) is 0 Å². The molecule has 0 atom stereocenters. The molecule has 1 N–H and O–H groups in total. The molecular formula is C12H16OS8. The third kappa shape index (κ3) is 5.22. The Labute approximate surface area is 160 Å². The van der Waals surface area contributed by atoms with Crippen molar-refractivity contribution in [3.8, 4) is 0 Å². The van der Waals surface area contributed by atoms with Gasteiger partial charge in [0.15, 0.2) is 0 Å². The van der Waals surface area contributed by atoms with Gasteiger partial charge in [0, 0.05) is 12.4 Å². The van der Waals surface area contributed by atoms with Gasteiger partial charge in [-0.15, -0.1) is 47.0 Å². The van der Waals surface area contributed by atoms with Gasteiger partial charge in [0.2, 0.25) is 0 Å². The normalized spacial score (nSPS) is 19.4. The fourth-order valence-electron chi connectivity index (χ4n) is 1.40. The summed E-state index contributed by atoms with van der Waals surface area (Å²) in [6.45, 7) is 0.282. The van der Waals surface area contributed by atoms with Crippen molar-refractivity contribution in [2.45, 2.75) is 6.42 Å². The minimum absolute atomic E-state index is 0.282. The van der Waals surface area contributed by atoms with E-state index in [0.717, 1.165) is 12.2 Å². The Bertz CT molecular complexity index is 464. The largest absolute Gasteiger partial charge is 0.396 e. The number of rotatable bonds is 7. The Balaban J connectivity index is 2.04. The van der Waals surface area contributed by atoms with E-state index >= 15 is 0 Å². The average Bonchev–Trinajstić information content (AvgIpc) is 3.10. The van der Waals surface area contributed by atoms with Crippen LogP contribution >= 0.6 is 94.1 Å². The Morgan fingerprint density at radius 1 is 0.762 bits per heavy atom. The molecule has 0 saturated carbocycles. The van der Waals surface area contributed by atoms with E-state index < -0.39 is 0 Å². The molecule has 2 aliphatic heterocycles. The fraction of sp³-hybridized carbons (Fsp3) is 0.500. The summed E-state index contributed by atoms with van der Waals surface area (Å²) in [5.74, 6) is 0.997. The van der Waals surface area contributed by atoms with Crippen molar-refractivity contribution in [2.75, 3.05) is 31.1 Å². The minimum atomic E-state index is 0.282. The number of aliphatic hydroxyl groups excluding tert-OH is 1. The molecule has 0 saturated heterocycles. The molecule has 0 bridgehead atoms. The van der Waals surface area contributed by atoms with Crippen LogP contribution in [0.3, 0.4) is 0 Å². The van der Waals surface area contributed by atoms with Gasteiger partial charge in [0.25, 0.3) is 0 Å². The van der Waals surface area contributed by atoms with Gasteiger partial charge in [0.1, 0.15) is 0 Å². The molecule has 0 radical (unpaired) electrons. The lowest BCUT2D eigenvalue weighted by atomic mass is 10.5. The molecule has 118 valence electrons. The maximum atomic E-state index is 8.93. The summed E-state index contributed by atoms with van der Waals surface area (Å²) in [6, 6.07) is 0. The third-order valence-corrected chi connectivity index (χ3v) is 13.5. The highest BCUT2D eigenvalue weighted by molar-refractivity contribution is 8.44. The Hall–Kier alpha value is 1.98. The molecule has 21 heavy (non-hydrogen) atoms. The second-order valence-corrected chi connectivity index (χ2v) is 12.9. The molecular weight excluding hydrogens is 417 g/mol. The Morgan fingerprint density at radius 3 is 1.62 bits per heavy atom. The van der Waals surface area contributed by atoms with Crippen LogP contribution in [0.4, 0.5) is 0 Å². The smallest absolute Gasteiger partial charge is 0.0717 e. The van der Waals surface area contributed by atoms with E-state index in [-0.39, 0.29) is 6.61 Å². The monoisotopic (exact) mass is 432 g/mol. The van der Waals surface area contributed by atoms with Crippen LogP contribution in [0, 0.1) is 0 Å². The second kappa shape index (κ2) is 10.1. The van der Waals surface area contributed by atoms with E-state index in [1.165, 1.54) is 25.4 Å². The van der Waals surface area contributed by atoms with E-state index in [9.17, 15) is 0 Å². The molecule has 0 unspecified atom stereocenters. The van der Waals surface area contributed by atoms with Crippen molar-refractivity contribution in [1.29, 1.82) is 0 Å². The Morgan fingerprint density at radius 2 is 1.19 bits per heavy atom. The van der Waals surface area contributed by atoms with E-state index in [0.29, 0.717) is 0 Å². The molecule has 0 aromatic carbocycles. The molecule has 1 nitrogen and oxygen atoms in total. The second-order valence-electron chi connectivity index (χ2n) is 3.67. The zero-order valence-corrected chi connectivity index (χ0v) is 18.4. The van der Waals surface area contributed by atoms with E-state index in [1.54, 1.807) is 0 Å². The van der Waals surface area contributed by atoms with E-state index in [2.05, 4.69) is 18.8 Å². The first-order valence-corrected chi connectivity index (χ1v) is 14.0. The first-order valence-electron chi connectivity index (χ1n) is 6.03. The maximum Gasteiger partial charge on any atom is 0.0717 e. The topological polar surface area (TPSA) is 20.2 Å². The third-order valence-electron chi connectivity index (χ3n) is 2.33. The van der Waals surface area contributed by atoms with Crippen molar-refractivity contribution < 1.29 is 5.11 Å². The lowest BCUT2D eigenvalue weighted by Gasteiger charge is -2.02. The number of aliphatic hydroxyl groups is 1. The average molecular weight is 433 g/mol. The summed E-state index contributed by atoms with van der Waals surface area (Å²) < 4.78 is 8.55. The molecule has 0 aromatic heterocycles. The van der Waals surface area contributed by atoms with Crippen LogP contribution in [-0.4, -0.2) is 36.2 Å². The van der Waals surface area contributed by atoms with Gasteiger partial charge in [0.05, 0.1) is 25.4 Å². The van der Waals surface area contributed by atoms with Gasteiger partial charge < -0.3 is 5.11 Å². The predicted octanol–water partition coefficient (Wildman–Crippen LogP) is 6.53. The minimum Gasteiger partial charge on any atom is -0.396 e. The molecule has 9 heteroatoms. The fourth-order valence-corrected chi connectivity index (χ4v) is 12.1. The summed E-state index contributed by atoms with van der Waals surface area (Å²) in [4.78, 5) is 0. The molecule has 0 fully saturated rings. The lowest BCUT2D eigenvalue weighted by Crippen LogP contribution is -1.84. The van der Waals surface area contributed by atoms with Crippen LogP contribution in [0.1, 0.15) is 6.42 Å². The van der Waals surface area contributed by atoms with Crippen molar-refractivity contribution in [1.82, 2.24) is 0 Å². The summed E-state index contributed by atoms with van der Waals surface area (Å²) in [6.07, 6.45) is 7.33. The van der Waals surface area contributed by atoms with Crippen molar-refractivity contribution >= 4 is 94.1 Å². The van der Waals surface area contributed by atoms with Crippen LogP contribution < -0.4 is 0 Å². The first kappa shape index (κ1) is 19.3. The van der Waals surface area contributed by atoms with Crippen molar-refractivity contribution in [3.05, 3.63) is 25.4 Å². The highest BCUT2D eigenvalue weighted by Gasteiger charge is 2.29. The van der Waals surface area contributed by atoms with E-state index in [4.69, 9.17) is 5.11 Å². The van der Waals surface area contributed by atoms with Crippen LogP contribution in [0.5, 0.6) is 0 Å². The number of hydrogen-bond acceptors (Lipinski definition) is 9. The van der Waals surface area contributed by atoms with Crippen LogP contribution in [-0.2, 0) is 0 Å². The number of hydrogen-bond donors (Lipinski definition) is 1. The first-order chi connectivity index (χ1) is 10.2. The summed E-state index contributed by atoms with van der Waals surface area (Å²) in [5.41, 5.74) is 0. The summed E-state index contributed by atoms with van der Waals surface area (Å²) in [7, 11) is 0. The SMILES string of the molecule is CSC1=C(SC)SC(=C2SC(SC)=C(SCCCO)S2)S1. The van der Waals surface area contributed by atoms with Gasteiger partial charge in [-0.3, -0.25) is 0 Å². The molecule has 0 aliphatic carbocycles. The van der Waals surface area contributed by atoms with E-state index in [1.807, 2.05) is 94.1 Å². The quantitative estimate of drug-likeness (QED) is 0.449. The van der Waals surface area contributed by atoms with Gasteiger partial charge in [-0.05, 0) is 25.2 Å². The molecule has 2 heterocycles. The van der Waals surface area contributed by atoms with Crippen LogP contribution in [0.25, 0.3) is 0 Å². The van der Waals surface area contributed by atoms with Gasteiger partial charge in [-0.1, -0.05) is 47.0 Å². The highest BCUT2D eigenvalue weighted by Crippen LogP contribution is 2.65. The molecule has 0 spiro atoms. The zero-order valence-electron chi connectivity index (χ0n) is 11.8. The van der Waals surface area contributed by atoms with Gasteiger partial charge in [-0.2, -0.15) is 0 Å². The molecule has 0 aromatic rings. The highest BCUT2D eigenvalue weighted by atomic mass is 32.3. The zero-order chi connectivity index (χ0) is 15.2. The van der Waals surface area contributed by atoms with Crippen molar-refractivity contribution in [3.63, 3.8) is 0 Å². The van der Waals surface area contributed by atoms with Gasteiger partial charge in [-0.25, -0.2) is 0 Å².